The van der Waals surface area contributed by atoms with Gasteiger partial charge in [0.25, 0.3) is 0 Å². The van der Waals surface area contributed by atoms with Crippen LogP contribution >= 0.6 is 27.3 Å². The maximum absolute atomic E-state index is 5.68. The summed E-state index contributed by atoms with van der Waals surface area (Å²) in [5, 5.41) is 2.12. The number of rotatable bonds is 2. The summed E-state index contributed by atoms with van der Waals surface area (Å²) in [6.07, 6.45) is 0. The lowest BCUT2D eigenvalue weighted by molar-refractivity contribution is 0.144. The maximum Gasteiger partial charge on any atom is 0.0329 e. The topological polar surface area (TPSA) is 29.3 Å². The van der Waals surface area contributed by atoms with Gasteiger partial charge in [-0.3, -0.25) is 4.90 Å². The molecule has 2 rings (SSSR count). The van der Waals surface area contributed by atoms with Crippen LogP contribution in [-0.2, 0) is 6.54 Å². The molecule has 0 unspecified atom stereocenters. The lowest BCUT2D eigenvalue weighted by atomic mass is 10.1. The van der Waals surface area contributed by atoms with Crippen LogP contribution in [0.15, 0.2) is 15.9 Å². The molecule has 0 amide bonds. The Hall–Kier alpha value is 0.1000. The van der Waals surface area contributed by atoms with Crippen LogP contribution in [0.1, 0.15) is 4.88 Å². The predicted molar refractivity (Wildman–Crippen MR) is 55.3 cm³/mol. The smallest absolute Gasteiger partial charge is 0.0329 e. The first-order valence-corrected chi connectivity index (χ1v) is 5.62. The van der Waals surface area contributed by atoms with E-state index in [1.165, 1.54) is 9.35 Å². The standard InChI is InChI=1S/C8H11BrN2S/c9-6-1-8(12-5-6)4-11-2-7(10)3-11/h1,5,7H,2-4,10H2. The Bertz CT molecular complexity index is 268. The fourth-order valence-electron chi connectivity index (χ4n) is 1.40. The normalized spacial score (nSPS) is 19.5. The molecule has 1 aromatic heterocycles. The lowest BCUT2D eigenvalue weighted by Crippen LogP contribution is -2.54. The highest BCUT2D eigenvalue weighted by Gasteiger charge is 2.22. The van der Waals surface area contributed by atoms with Crippen LogP contribution < -0.4 is 5.73 Å². The molecule has 4 heteroatoms. The third-order valence-electron chi connectivity index (χ3n) is 1.99. The maximum atomic E-state index is 5.68. The Kier molecular flexibility index (Phi) is 2.50. The number of nitrogens with zero attached hydrogens (tertiary/aromatic N) is 1. The SMILES string of the molecule is NC1CN(Cc2cc(Br)cs2)C1. The average Bonchev–Trinajstić information content (AvgIpc) is 2.33. The highest BCUT2D eigenvalue weighted by molar-refractivity contribution is 9.10. The van der Waals surface area contributed by atoms with Gasteiger partial charge in [-0.2, -0.15) is 0 Å². The van der Waals surface area contributed by atoms with Gasteiger partial charge in [0.2, 0.25) is 0 Å². The van der Waals surface area contributed by atoms with Gasteiger partial charge in [-0.15, -0.1) is 11.3 Å². The minimum atomic E-state index is 0.411. The first-order chi connectivity index (χ1) is 5.74. The lowest BCUT2D eigenvalue weighted by Gasteiger charge is -2.36. The fraction of sp³-hybridized carbons (Fsp3) is 0.500. The highest BCUT2D eigenvalue weighted by atomic mass is 79.9. The van der Waals surface area contributed by atoms with Crippen LogP contribution in [-0.4, -0.2) is 24.0 Å². The Labute approximate surface area is 84.5 Å². The van der Waals surface area contributed by atoms with Crippen molar-refractivity contribution in [3.8, 4) is 0 Å². The zero-order valence-corrected chi connectivity index (χ0v) is 9.07. The summed E-state index contributed by atoms with van der Waals surface area (Å²) in [6.45, 7) is 3.16. The monoisotopic (exact) mass is 246 g/mol. The second-order valence-electron chi connectivity index (χ2n) is 3.19. The van der Waals surface area contributed by atoms with E-state index in [1.54, 1.807) is 11.3 Å². The van der Waals surface area contributed by atoms with Crippen molar-refractivity contribution >= 4 is 27.3 Å². The molecule has 12 heavy (non-hydrogen) atoms. The average molecular weight is 247 g/mol. The Morgan fingerprint density at radius 1 is 1.67 bits per heavy atom. The van der Waals surface area contributed by atoms with E-state index in [2.05, 4.69) is 32.3 Å². The Morgan fingerprint density at radius 2 is 2.42 bits per heavy atom. The minimum absolute atomic E-state index is 0.411. The molecule has 0 spiro atoms. The van der Waals surface area contributed by atoms with Crippen LogP contribution in [0.4, 0.5) is 0 Å². The molecule has 0 radical (unpaired) electrons. The number of halogens is 1. The van der Waals surface area contributed by atoms with E-state index in [-0.39, 0.29) is 0 Å². The molecule has 66 valence electrons. The largest absolute Gasteiger partial charge is 0.325 e. The third kappa shape index (κ3) is 1.88. The molecule has 2 heterocycles. The molecule has 0 bridgehead atoms. The number of thiophene rings is 1. The number of hydrogen-bond donors (Lipinski definition) is 1. The second-order valence-corrected chi connectivity index (χ2v) is 5.10. The van der Waals surface area contributed by atoms with Crippen molar-refractivity contribution in [3.05, 3.63) is 20.8 Å². The molecule has 1 aliphatic rings. The molecule has 1 fully saturated rings. The van der Waals surface area contributed by atoms with Gasteiger partial charge in [-0.05, 0) is 22.0 Å². The van der Waals surface area contributed by atoms with Crippen molar-refractivity contribution in [2.45, 2.75) is 12.6 Å². The van der Waals surface area contributed by atoms with E-state index < -0.39 is 0 Å². The van der Waals surface area contributed by atoms with Crippen molar-refractivity contribution in [3.63, 3.8) is 0 Å². The number of nitrogens with two attached hydrogens (primary N) is 1. The van der Waals surface area contributed by atoms with E-state index in [9.17, 15) is 0 Å². The van der Waals surface area contributed by atoms with Crippen molar-refractivity contribution in [2.24, 2.45) is 5.73 Å². The van der Waals surface area contributed by atoms with Crippen LogP contribution in [0.25, 0.3) is 0 Å². The Balaban J connectivity index is 1.88. The first kappa shape index (κ1) is 8.69. The second kappa shape index (κ2) is 3.46. The molecule has 1 aliphatic heterocycles. The molecule has 0 aromatic carbocycles. The zero-order valence-electron chi connectivity index (χ0n) is 6.66. The van der Waals surface area contributed by atoms with E-state index in [0.29, 0.717) is 6.04 Å². The predicted octanol–water partition coefficient (Wildman–Crippen LogP) is 1.65. The van der Waals surface area contributed by atoms with E-state index in [1.807, 2.05) is 0 Å². The van der Waals surface area contributed by atoms with Gasteiger partial charge >= 0.3 is 0 Å². The molecule has 2 N–H and O–H groups in total. The summed E-state index contributed by atoms with van der Waals surface area (Å²) >= 11 is 5.24. The quantitative estimate of drug-likeness (QED) is 0.861. The van der Waals surface area contributed by atoms with Crippen LogP contribution in [0.3, 0.4) is 0 Å². The van der Waals surface area contributed by atoms with E-state index in [4.69, 9.17) is 5.73 Å². The molecule has 0 saturated carbocycles. The van der Waals surface area contributed by atoms with Crippen LogP contribution in [0, 0.1) is 0 Å². The molecule has 1 saturated heterocycles. The van der Waals surface area contributed by atoms with Gasteiger partial charge in [0.05, 0.1) is 0 Å². The minimum Gasteiger partial charge on any atom is -0.325 e. The number of hydrogen-bond acceptors (Lipinski definition) is 3. The van der Waals surface area contributed by atoms with Gasteiger partial charge in [0.15, 0.2) is 0 Å². The van der Waals surface area contributed by atoms with Gasteiger partial charge in [0.1, 0.15) is 0 Å². The summed E-state index contributed by atoms with van der Waals surface area (Å²) in [5.74, 6) is 0. The molecule has 0 atom stereocenters. The summed E-state index contributed by atoms with van der Waals surface area (Å²) in [4.78, 5) is 3.77. The van der Waals surface area contributed by atoms with Gasteiger partial charge < -0.3 is 5.73 Å². The third-order valence-corrected chi connectivity index (χ3v) is 3.67. The van der Waals surface area contributed by atoms with Gasteiger partial charge in [-0.1, -0.05) is 0 Å². The molecule has 0 aliphatic carbocycles. The summed E-state index contributed by atoms with van der Waals surface area (Å²) in [5.41, 5.74) is 5.68. The first-order valence-electron chi connectivity index (χ1n) is 3.95. The number of likely N-dealkylation sites (tertiary alicyclic amines) is 1. The summed E-state index contributed by atoms with van der Waals surface area (Å²) < 4.78 is 1.19. The molecular formula is C8H11BrN2S. The van der Waals surface area contributed by atoms with Crippen molar-refractivity contribution < 1.29 is 0 Å². The van der Waals surface area contributed by atoms with E-state index >= 15 is 0 Å². The van der Waals surface area contributed by atoms with Crippen LogP contribution in [0.5, 0.6) is 0 Å². The fourth-order valence-corrected chi connectivity index (χ4v) is 2.89. The zero-order chi connectivity index (χ0) is 8.55. The van der Waals surface area contributed by atoms with Crippen LogP contribution in [0.2, 0.25) is 0 Å². The van der Waals surface area contributed by atoms with Crippen molar-refractivity contribution in [1.82, 2.24) is 4.90 Å². The molecule has 2 nitrogen and oxygen atoms in total. The van der Waals surface area contributed by atoms with E-state index in [0.717, 1.165) is 19.6 Å². The Morgan fingerprint density at radius 3 is 2.92 bits per heavy atom. The van der Waals surface area contributed by atoms with Crippen molar-refractivity contribution in [2.75, 3.05) is 13.1 Å². The van der Waals surface area contributed by atoms with Crippen molar-refractivity contribution in [1.29, 1.82) is 0 Å². The summed E-state index contributed by atoms with van der Waals surface area (Å²) in [6, 6.07) is 2.59. The van der Waals surface area contributed by atoms with Gasteiger partial charge in [0, 0.05) is 40.4 Å². The molecular weight excluding hydrogens is 236 g/mol. The molecule has 1 aromatic rings. The highest BCUT2D eigenvalue weighted by Crippen LogP contribution is 2.22. The summed E-state index contributed by atoms with van der Waals surface area (Å²) in [7, 11) is 0. The van der Waals surface area contributed by atoms with Gasteiger partial charge in [-0.25, -0.2) is 0 Å².